The van der Waals surface area contributed by atoms with E-state index in [-0.39, 0.29) is 10.2 Å². The first kappa shape index (κ1) is 69.2. The van der Waals surface area contributed by atoms with Gasteiger partial charge in [0.1, 0.15) is 0 Å². The van der Waals surface area contributed by atoms with Crippen molar-refractivity contribution in [2.45, 2.75) is 206 Å². The molecular formula is C62H104N2O6S2. The van der Waals surface area contributed by atoms with Gasteiger partial charge in [-0.3, -0.25) is 19.4 Å². The maximum atomic E-state index is 12.8. The van der Waals surface area contributed by atoms with Gasteiger partial charge in [-0.15, -0.1) is 0 Å². The van der Waals surface area contributed by atoms with E-state index in [9.17, 15) is 30.0 Å². The molecule has 0 heterocycles. The van der Waals surface area contributed by atoms with E-state index in [4.69, 9.17) is 0 Å². The molecule has 0 aliphatic rings. The van der Waals surface area contributed by atoms with Gasteiger partial charge in [-0.1, -0.05) is 212 Å². The van der Waals surface area contributed by atoms with Gasteiger partial charge in [-0.05, 0) is 115 Å². The lowest BCUT2D eigenvalue weighted by molar-refractivity contribution is -0.107. The molecule has 0 fully saturated rings. The number of hydrogen-bond acceptors (Lipinski definition) is 10. The minimum Gasteiger partial charge on any atom is -0.391 e. The highest BCUT2D eigenvalue weighted by Crippen LogP contribution is 2.12. The Morgan fingerprint density at radius 3 is 0.875 bits per heavy atom. The number of nitrogens with zero attached hydrogens (tertiary/aromatic N) is 2. The van der Waals surface area contributed by atoms with Gasteiger partial charge in [0.15, 0.2) is 0 Å². The van der Waals surface area contributed by atoms with E-state index in [0.29, 0.717) is 76.5 Å². The molecule has 0 radical (unpaired) electrons. The van der Waals surface area contributed by atoms with Gasteiger partial charge in [0, 0.05) is 50.8 Å². The Balaban J connectivity index is 5.23. The molecule has 4 unspecified atom stereocenters. The largest absolute Gasteiger partial charge is 0.391 e. The van der Waals surface area contributed by atoms with E-state index >= 15 is 0 Å². The zero-order valence-corrected chi connectivity index (χ0v) is 47.4. The van der Waals surface area contributed by atoms with Crippen LogP contribution >= 0.6 is 23.5 Å². The molecule has 10 heteroatoms. The molecule has 0 aromatic carbocycles. The van der Waals surface area contributed by atoms with Crippen LogP contribution in [-0.4, -0.2) is 116 Å². The first-order valence-electron chi connectivity index (χ1n) is 28.2. The van der Waals surface area contributed by atoms with E-state index in [1.54, 1.807) is 12.2 Å². The fourth-order valence-electron chi connectivity index (χ4n) is 7.54. The number of thioether (sulfide) groups is 2. The average molecular weight is 1040 g/mol. The summed E-state index contributed by atoms with van der Waals surface area (Å²) < 4.78 is 0. The Hall–Kier alpha value is -2.80. The predicted octanol–water partition coefficient (Wildman–Crippen LogP) is 14.6. The van der Waals surface area contributed by atoms with Gasteiger partial charge in [0.05, 0.1) is 24.4 Å². The van der Waals surface area contributed by atoms with Crippen molar-refractivity contribution in [3.8, 4) is 0 Å². The van der Waals surface area contributed by atoms with E-state index in [1.165, 1.54) is 113 Å². The summed E-state index contributed by atoms with van der Waals surface area (Å²) in [6, 6.07) is 0. The Labute approximate surface area is 449 Å². The summed E-state index contributed by atoms with van der Waals surface area (Å²) in [5.41, 5.74) is 0. The maximum Gasteiger partial charge on any atom is 0.212 e. The van der Waals surface area contributed by atoms with Crippen molar-refractivity contribution in [1.82, 2.24) is 9.80 Å². The Bertz CT molecular complexity index is 1370. The third kappa shape index (κ3) is 50.7. The minimum absolute atomic E-state index is 0.132. The summed E-state index contributed by atoms with van der Waals surface area (Å²) in [5, 5.41) is 43.4. The molecule has 8 nitrogen and oxygen atoms in total. The van der Waals surface area contributed by atoms with Gasteiger partial charge >= 0.3 is 0 Å². The van der Waals surface area contributed by atoms with Crippen LogP contribution in [0.5, 0.6) is 0 Å². The van der Waals surface area contributed by atoms with Crippen LogP contribution in [0.25, 0.3) is 0 Å². The number of unbranched alkanes of at least 4 members (excludes halogenated alkanes) is 12. The molecule has 410 valence electrons. The van der Waals surface area contributed by atoms with Crippen molar-refractivity contribution in [1.29, 1.82) is 0 Å². The van der Waals surface area contributed by atoms with Crippen LogP contribution in [-0.2, 0) is 9.59 Å². The zero-order valence-electron chi connectivity index (χ0n) is 45.8. The lowest BCUT2D eigenvalue weighted by atomic mass is 10.1. The van der Waals surface area contributed by atoms with Gasteiger partial charge in [-0.25, -0.2) is 0 Å². The lowest BCUT2D eigenvalue weighted by Crippen LogP contribution is -2.39. The number of aliphatic hydroxyl groups excluding tert-OH is 4. The fraction of sp³-hybridized carbons (Fsp3) is 0.645. The number of aliphatic hydroxyl groups is 4. The predicted molar refractivity (Wildman–Crippen MR) is 317 cm³/mol. The number of carbonyl (C=O) groups excluding carboxylic acids is 2. The summed E-state index contributed by atoms with van der Waals surface area (Å²) in [7, 11) is 0. The number of carbonyl (C=O) groups is 2. The first-order valence-corrected chi connectivity index (χ1v) is 30.2. The second-order valence-electron chi connectivity index (χ2n) is 18.8. The molecule has 0 aliphatic carbocycles. The van der Waals surface area contributed by atoms with Crippen LogP contribution in [0.2, 0.25) is 0 Å². The molecule has 0 aromatic heterocycles. The molecule has 4 N–H and O–H groups in total. The second kappa shape index (κ2) is 54.5. The van der Waals surface area contributed by atoms with Crippen molar-refractivity contribution < 1.29 is 30.0 Å². The van der Waals surface area contributed by atoms with Gasteiger partial charge in [-0.2, -0.15) is 0 Å². The molecule has 4 atom stereocenters. The van der Waals surface area contributed by atoms with Crippen LogP contribution in [0.15, 0.2) is 122 Å². The average Bonchev–Trinajstić information content (AvgIpc) is 3.35. The molecule has 0 saturated carbocycles. The van der Waals surface area contributed by atoms with Crippen LogP contribution in [0.1, 0.15) is 182 Å². The van der Waals surface area contributed by atoms with Crippen LogP contribution in [0, 0.1) is 0 Å². The van der Waals surface area contributed by atoms with Crippen molar-refractivity contribution in [3.63, 3.8) is 0 Å². The molecule has 0 bridgehead atoms. The molecule has 0 aromatic rings. The van der Waals surface area contributed by atoms with Gasteiger partial charge in [0.25, 0.3) is 0 Å². The van der Waals surface area contributed by atoms with Crippen LogP contribution in [0.3, 0.4) is 0 Å². The smallest absolute Gasteiger partial charge is 0.212 e. The lowest BCUT2D eigenvalue weighted by Gasteiger charge is -2.26. The number of allylic oxidation sites excluding steroid dienone is 14. The summed E-state index contributed by atoms with van der Waals surface area (Å²) in [4.78, 5) is 29.7. The second-order valence-corrected chi connectivity index (χ2v) is 21.0. The highest BCUT2D eigenvalue weighted by Gasteiger charge is 2.17. The van der Waals surface area contributed by atoms with Crippen molar-refractivity contribution in [3.05, 3.63) is 122 Å². The quantitative estimate of drug-likeness (QED) is 0.0203. The molecule has 72 heavy (non-hydrogen) atoms. The molecule has 0 saturated heterocycles. The van der Waals surface area contributed by atoms with Crippen LogP contribution < -0.4 is 0 Å². The van der Waals surface area contributed by atoms with Crippen molar-refractivity contribution >= 4 is 33.8 Å². The molecule has 0 amide bonds. The molecule has 0 rings (SSSR count). The third-order valence-corrected chi connectivity index (χ3v) is 13.3. The van der Waals surface area contributed by atoms with Gasteiger partial charge < -0.3 is 20.4 Å². The van der Waals surface area contributed by atoms with E-state index in [2.05, 4.69) is 101 Å². The minimum atomic E-state index is -0.590. The Morgan fingerprint density at radius 2 is 0.625 bits per heavy atom. The summed E-state index contributed by atoms with van der Waals surface area (Å²) in [6.07, 6.45) is 62.4. The first-order chi connectivity index (χ1) is 35.1. The Morgan fingerprint density at radius 1 is 0.375 bits per heavy atom. The topological polar surface area (TPSA) is 122 Å². The summed E-state index contributed by atoms with van der Waals surface area (Å²) >= 11 is 2.35. The van der Waals surface area contributed by atoms with E-state index in [0.717, 1.165) is 51.4 Å². The maximum absolute atomic E-state index is 12.8. The van der Waals surface area contributed by atoms with Crippen molar-refractivity contribution in [2.75, 3.05) is 50.8 Å². The summed E-state index contributed by atoms with van der Waals surface area (Å²) in [6.45, 7) is 11.5. The van der Waals surface area contributed by atoms with Crippen molar-refractivity contribution in [2.24, 2.45) is 0 Å². The molecule has 0 spiro atoms. The molecule has 0 aliphatic heterocycles. The fourth-order valence-corrected chi connectivity index (χ4v) is 8.99. The Kier molecular flexibility index (Phi) is 52.3. The van der Waals surface area contributed by atoms with E-state index in [1.807, 2.05) is 34.1 Å². The summed E-state index contributed by atoms with van der Waals surface area (Å²) in [5.74, 6) is 0.996. The highest BCUT2D eigenvalue weighted by atomic mass is 32.2. The van der Waals surface area contributed by atoms with Gasteiger partial charge in [0.2, 0.25) is 10.2 Å². The normalized spacial score (nSPS) is 14.8. The monoisotopic (exact) mass is 1040 g/mol. The SMILES string of the molecule is CCCCC/C=C\C/C=C\CC(O)CN(CCSC(=O)/C=C/C=C/C(=O)SCCN(CC(O)C/C=C\C/C=C\CCCCC)CC(O)C/C=C\C/C=C\CCCCC)CC(O)C/C=C\C/C=C\CCCCC. The zero-order chi connectivity index (χ0) is 52.8. The van der Waals surface area contributed by atoms with E-state index < -0.39 is 24.4 Å². The molecular weight excluding hydrogens is 933 g/mol. The highest BCUT2D eigenvalue weighted by molar-refractivity contribution is 8.14. The van der Waals surface area contributed by atoms with Crippen LogP contribution in [0.4, 0.5) is 0 Å². The number of rotatable bonds is 49. The number of hydrogen-bond donors (Lipinski definition) is 4. The third-order valence-electron chi connectivity index (χ3n) is 11.7. The standard InChI is InChI=1S/C62H104N2O6S2/c1-5-9-13-17-21-25-29-33-37-43-57(65)53-63(54-58(66)44-38-34-30-26-22-18-14-10-6-2)49-51-71-61(69)47-41-42-48-62(70)72-52-50-64(55-59(67)45-39-35-31-27-23-19-15-11-7-3)56-60(68)46-40-36-32-28-24-20-16-12-8-4/h21-28,33-42,47-48,57-60,65-68H,5-20,29-32,43-46,49-56H2,1-4H3/b25-21-,26-22-,27-23-,28-24-,37-33-,38-34-,39-35-,40-36-,47-41+,48-42+.